The summed E-state index contributed by atoms with van der Waals surface area (Å²) in [6.45, 7) is 5.46. The fourth-order valence-corrected chi connectivity index (χ4v) is 3.23. The zero-order valence-corrected chi connectivity index (χ0v) is 22.2. The van der Waals surface area contributed by atoms with Gasteiger partial charge in [-0.25, -0.2) is 9.59 Å². The van der Waals surface area contributed by atoms with Crippen molar-refractivity contribution in [2.45, 2.75) is 64.9 Å². The van der Waals surface area contributed by atoms with Gasteiger partial charge in [0.15, 0.2) is 0 Å². The molecule has 0 aliphatic carbocycles. The molecule has 1 atom stereocenters. The van der Waals surface area contributed by atoms with Gasteiger partial charge in [-0.2, -0.15) is 0 Å². The van der Waals surface area contributed by atoms with E-state index >= 15 is 0 Å². The fourth-order valence-electron chi connectivity index (χ4n) is 3.23. The van der Waals surface area contributed by atoms with Crippen LogP contribution in [0.2, 0.25) is 0 Å². The molecule has 0 radical (unpaired) electrons. The smallest absolute Gasteiger partial charge is 0.408 e. The number of hydrogen-bond acceptors (Lipinski definition) is 7. The van der Waals surface area contributed by atoms with Crippen molar-refractivity contribution in [2.75, 3.05) is 13.1 Å². The standard InChI is InChI=1S/C28H37N3O7/c1-28(2,3)38-26(34)29-17-11-10-16-23(31-27(35)37-20-22-14-8-5-9-15-22)25(33)30-18-24(32)36-19-21-12-6-4-7-13-21/h4-9,12-15,23H,10-11,16-20H2,1-3H3,(H,29,34)(H,30,33)(H,31,35)/t23-/m0/s1. The third kappa shape index (κ3) is 13.3. The van der Waals surface area contributed by atoms with Crippen LogP contribution in [-0.2, 0) is 37.0 Å². The van der Waals surface area contributed by atoms with Crippen molar-refractivity contribution in [1.82, 2.24) is 16.0 Å². The van der Waals surface area contributed by atoms with Gasteiger partial charge in [0.1, 0.15) is 31.4 Å². The first kappa shape index (κ1) is 30.1. The number of rotatable bonds is 13. The molecule has 2 aromatic carbocycles. The number of unbranched alkanes of at least 4 members (excludes halogenated alkanes) is 1. The van der Waals surface area contributed by atoms with Crippen molar-refractivity contribution in [1.29, 1.82) is 0 Å². The van der Waals surface area contributed by atoms with Gasteiger partial charge in [-0.3, -0.25) is 9.59 Å². The normalized spacial score (nSPS) is 11.6. The van der Waals surface area contributed by atoms with E-state index in [-0.39, 0.29) is 26.2 Å². The molecule has 2 rings (SSSR count). The Morgan fingerprint density at radius 1 is 0.763 bits per heavy atom. The molecule has 0 aromatic heterocycles. The molecule has 0 bridgehead atoms. The van der Waals surface area contributed by atoms with Crippen LogP contribution in [0.25, 0.3) is 0 Å². The second kappa shape index (κ2) is 15.9. The van der Waals surface area contributed by atoms with Gasteiger partial charge in [0.25, 0.3) is 0 Å². The second-order valence-corrected chi connectivity index (χ2v) is 9.55. The lowest BCUT2D eigenvalue weighted by atomic mass is 10.1. The molecule has 0 aliphatic heterocycles. The van der Waals surface area contributed by atoms with Crippen molar-refractivity contribution in [3.05, 3.63) is 71.8 Å². The zero-order chi connectivity index (χ0) is 27.8. The van der Waals surface area contributed by atoms with Gasteiger partial charge in [-0.05, 0) is 51.2 Å². The SMILES string of the molecule is CC(C)(C)OC(=O)NCCCC[C@H](NC(=O)OCc1ccccc1)C(=O)NCC(=O)OCc1ccccc1. The first-order valence-electron chi connectivity index (χ1n) is 12.5. The van der Waals surface area contributed by atoms with Crippen LogP contribution in [0.3, 0.4) is 0 Å². The number of benzene rings is 2. The third-order valence-corrected chi connectivity index (χ3v) is 5.06. The molecule has 0 aliphatic rings. The summed E-state index contributed by atoms with van der Waals surface area (Å²) >= 11 is 0. The van der Waals surface area contributed by atoms with E-state index in [1.807, 2.05) is 60.7 Å². The first-order valence-corrected chi connectivity index (χ1v) is 12.5. The minimum absolute atomic E-state index is 0.0482. The number of amides is 3. The summed E-state index contributed by atoms with van der Waals surface area (Å²) < 4.78 is 15.6. The summed E-state index contributed by atoms with van der Waals surface area (Å²) in [5.41, 5.74) is 1.03. The van der Waals surface area contributed by atoms with Crippen molar-refractivity contribution in [3.63, 3.8) is 0 Å². The number of carbonyl (C=O) groups is 4. The lowest BCUT2D eigenvalue weighted by Crippen LogP contribution is -2.48. The number of ether oxygens (including phenoxy) is 3. The molecule has 0 spiro atoms. The first-order chi connectivity index (χ1) is 18.1. The van der Waals surface area contributed by atoms with E-state index in [4.69, 9.17) is 14.2 Å². The molecule has 2 aromatic rings. The van der Waals surface area contributed by atoms with E-state index in [2.05, 4.69) is 16.0 Å². The van der Waals surface area contributed by atoms with Crippen LogP contribution >= 0.6 is 0 Å². The van der Waals surface area contributed by atoms with E-state index in [0.29, 0.717) is 19.4 Å². The van der Waals surface area contributed by atoms with Gasteiger partial charge in [0.2, 0.25) is 5.91 Å². The van der Waals surface area contributed by atoms with E-state index in [9.17, 15) is 19.2 Å². The molecule has 3 amide bonds. The van der Waals surface area contributed by atoms with E-state index in [1.165, 1.54) is 0 Å². The van der Waals surface area contributed by atoms with Crippen molar-refractivity contribution in [2.24, 2.45) is 0 Å². The molecule has 10 nitrogen and oxygen atoms in total. The van der Waals surface area contributed by atoms with Gasteiger partial charge < -0.3 is 30.2 Å². The Kier molecular flexibility index (Phi) is 12.6. The molecule has 0 fully saturated rings. The monoisotopic (exact) mass is 527 g/mol. The van der Waals surface area contributed by atoms with E-state index in [1.54, 1.807) is 20.8 Å². The average molecular weight is 528 g/mol. The van der Waals surface area contributed by atoms with Gasteiger partial charge in [0.05, 0.1) is 0 Å². The van der Waals surface area contributed by atoms with Crippen LogP contribution < -0.4 is 16.0 Å². The van der Waals surface area contributed by atoms with Crippen LogP contribution in [0.1, 0.15) is 51.2 Å². The predicted octanol–water partition coefficient (Wildman–Crippen LogP) is 3.84. The zero-order valence-electron chi connectivity index (χ0n) is 22.2. The molecular weight excluding hydrogens is 490 g/mol. The summed E-state index contributed by atoms with van der Waals surface area (Å²) in [7, 11) is 0. The maximum atomic E-state index is 12.8. The molecule has 10 heteroatoms. The highest BCUT2D eigenvalue weighted by atomic mass is 16.6. The highest BCUT2D eigenvalue weighted by Gasteiger charge is 2.22. The molecular formula is C28H37N3O7. The Hall–Kier alpha value is -4.08. The Morgan fingerprint density at radius 3 is 1.92 bits per heavy atom. The lowest BCUT2D eigenvalue weighted by molar-refractivity contribution is -0.145. The van der Waals surface area contributed by atoms with E-state index in [0.717, 1.165) is 11.1 Å². The van der Waals surface area contributed by atoms with Crippen LogP contribution in [0.5, 0.6) is 0 Å². The lowest BCUT2D eigenvalue weighted by Gasteiger charge is -2.20. The summed E-state index contributed by atoms with van der Waals surface area (Å²) in [5, 5.41) is 7.73. The summed E-state index contributed by atoms with van der Waals surface area (Å²) in [5.74, 6) is -1.15. The number of nitrogens with one attached hydrogen (secondary N) is 3. The Balaban J connectivity index is 1.82. The van der Waals surface area contributed by atoms with Gasteiger partial charge in [-0.1, -0.05) is 60.7 Å². The second-order valence-electron chi connectivity index (χ2n) is 9.55. The van der Waals surface area contributed by atoms with Crippen LogP contribution in [0.15, 0.2) is 60.7 Å². The molecule has 0 saturated carbocycles. The van der Waals surface area contributed by atoms with Crippen LogP contribution in [0, 0.1) is 0 Å². The molecule has 0 unspecified atom stereocenters. The topological polar surface area (TPSA) is 132 Å². The Bertz CT molecular complexity index is 1020. The molecule has 0 heterocycles. The van der Waals surface area contributed by atoms with Gasteiger partial charge >= 0.3 is 18.2 Å². The number of hydrogen-bond donors (Lipinski definition) is 3. The Morgan fingerprint density at radius 2 is 1.34 bits per heavy atom. The van der Waals surface area contributed by atoms with Crippen molar-refractivity contribution < 1.29 is 33.4 Å². The quantitative estimate of drug-likeness (QED) is 0.205. The van der Waals surface area contributed by atoms with Gasteiger partial charge in [0, 0.05) is 6.54 Å². The van der Waals surface area contributed by atoms with Gasteiger partial charge in [-0.15, -0.1) is 0 Å². The highest BCUT2D eigenvalue weighted by Crippen LogP contribution is 2.08. The summed E-state index contributed by atoms with van der Waals surface area (Å²) in [6, 6.07) is 17.4. The third-order valence-electron chi connectivity index (χ3n) is 5.06. The van der Waals surface area contributed by atoms with Crippen molar-refractivity contribution in [3.8, 4) is 0 Å². The predicted molar refractivity (Wildman–Crippen MR) is 141 cm³/mol. The number of alkyl carbamates (subject to hydrolysis) is 2. The molecule has 206 valence electrons. The fraction of sp³-hybridized carbons (Fsp3) is 0.429. The van der Waals surface area contributed by atoms with Crippen molar-refractivity contribution >= 4 is 24.1 Å². The summed E-state index contributed by atoms with van der Waals surface area (Å²) in [4.78, 5) is 49.0. The number of carbonyl (C=O) groups excluding carboxylic acids is 4. The molecule has 3 N–H and O–H groups in total. The minimum atomic E-state index is -0.943. The maximum Gasteiger partial charge on any atom is 0.408 e. The molecule has 38 heavy (non-hydrogen) atoms. The average Bonchev–Trinajstić information content (AvgIpc) is 2.88. The Labute approximate surface area is 223 Å². The van der Waals surface area contributed by atoms with Crippen LogP contribution in [0.4, 0.5) is 9.59 Å². The number of esters is 1. The van der Waals surface area contributed by atoms with Crippen LogP contribution in [-0.4, -0.2) is 48.8 Å². The summed E-state index contributed by atoms with van der Waals surface area (Å²) in [6.07, 6.45) is 0.0335. The maximum absolute atomic E-state index is 12.8. The largest absolute Gasteiger partial charge is 0.460 e. The minimum Gasteiger partial charge on any atom is -0.460 e. The highest BCUT2D eigenvalue weighted by molar-refractivity contribution is 5.88. The molecule has 0 saturated heterocycles. The van der Waals surface area contributed by atoms with E-state index < -0.39 is 35.7 Å².